The molecule has 0 aliphatic carbocycles. The molecule has 2 rings (SSSR count). The Morgan fingerprint density at radius 2 is 2.17 bits per heavy atom. The van der Waals surface area contributed by atoms with Gasteiger partial charge in [0, 0.05) is 18.1 Å². The first-order valence-corrected chi connectivity index (χ1v) is 7.64. The molecule has 0 spiro atoms. The molecule has 126 valence electrons. The molecule has 0 aliphatic rings. The first-order valence-electron chi connectivity index (χ1n) is 6.82. The molecule has 2 aromatic rings. The van der Waals surface area contributed by atoms with Gasteiger partial charge in [0.1, 0.15) is 10.8 Å². The van der Waals surface area contributed by atoms with E-state index in [4.69, 9.17) is 4.42 Å². The highest BCUT2D eigenvalue weighted by molar-refractivity contribution is 14.0. The molecule has 0 aromatic carbocycles. The molecule has 0 radical (unpaired) electrons. The van der Waals surface area contributed by atoms with Gasteiger partial charge in [0.15, 0.2) is 5.96 Å². The average Bonchev–Trinajstić information content (AvgIpc) is 3.17. The highest BCUT2D eigenvalue weighted by Crippen LogP contribution is 2.10. The van der Waals surface area contributed by atoms with E-state index in [9.17, 15) is 4.79 Å². The standard InChI is InChI=1S/C14H19N5O2S.HI/c1-10-6-17-13(22-10)9-19-14(15-2)18-8-12(20)16-7-11-4-3-5-21-11;/h3-6H,7-9H2,1-2H3,(H,16,20)(H2,15,18,19);1H. The summed E-state index contributed by atoms with van der Waals surface area (Å²) in [5, 5.41) is 9.79. The molecule has 7 nitrogen and oxygen atoms in total. The van der Waals surface area contributed by atoms with Crippen LogP contribution in [0, 0.1) is 6.92 Å². The smallest absolute Gasteiger partial charge is 0.239 e. The predicted octanol–water partition coefficient (Wildman–Crippen LogP) is 1.64. The maximum absolute atomic E-state index is 11.7. The molecule has 2 heterocycles. The highest BCUT2D eigenvalue weighted by atomic mass is 127. The summed E-state index contributed by atoms with van der Waals surface area (Å²) in [7, 11) is 1.66. The van der Waals surface area contributed by atoms with E-state index in [1.165, 1.54) is 0 Å². The number of aromatic nitrogens is 1. The minimum Gasteiger partial charge on any atom is -0.467 e. The molecule has 0 bridgehead atoms. The van der Waals surface area contributed by atoms with Crippen LogP contribution in [0.15, 0.2) is 34.0 Å². The summed E-state index contributed by atoms with van der Waals surface area (Å²) in [5.74, 6) is 1.14. The van der Waals surface area contributed by atoms with Crippen LogP contribution in [0.5, 0.6) is 0 Å². The van der Waals surface area contributed by atoms with Gasteiger partial charge in [-0.3, -0.25) is 9.79 Å². The Labute approximate surface area is 156 Å². The Morgan fingerprint density at radius 3 is 2.78 bits per heavy atom. The van der Waals surface area contributed by atoms with Gasteiger partial charge in [-0.15, -0.1) is 35.3 Å². The van der Waals surface area contributed by atoms with Gasteiger partial charge in [0.05, 0.1) is 25.9 Å². The summed E-state index contributed by atoms with van der Waals surface area (Å²) in [6, 6.07) is 3.59. The summed E-state index contributed by atoms with van der Waals surface area (Å²) < 4.78 is 5.14. The third kappa shape index (κ3) is 6.99. The van der Waals surface area contributed by atoms with Crippen molar-refractivity contribution in [3.63, 3.8) is 0 Å². The summed E-state index contributed by atoms with van der Waals surface area (Å²) >= 11 is 1.63. The fourth-order valence-corrected chi connectivity index (χ4v) is 2.42. The number of nitrogens with one attached hydrogen (secondary N) is 3. The van der Waals surface area contributed by atoms with Crippen LogP contribution in [0.3, 0.4) is 0 Å². The second-order valence-electron chi connectivity index (χ2n) is 4.50. The lowest BCUT2D eigenvalue weighted by Crippen LogP contribution is -2.42. The van der Waals surface area contributed by atoms with Gasteiger partial charge in [-0.2, -0.15) is 0 Å². The monoisotopic (exact) mass is 449 g/mol. The van der Waals surface area contributed by atoms with E-state index in [1.807, 2.05) is 19.2 Å². The number of carbonyl (C=O) groups is 1. The molecule has 0 aliphatic heterocycles. The van der Waals surface area contributed by atoms with Crippen LogP contribution in [-0.2, 0) is 17.9 Å². The van der Waals surface area contributed by atoms with E-state index >= 15 is 0 Å². The summed E-state index contributed by atoms with van der Waals surface area (Å²) in [6.07, 6.45) is 3.41. The van der Waals surface area contributed by atoms with E-state index in [2.05, 4.69) is 25.9 Å². The van der Waals surface area contributed by atoms with Gasteiger partial charge in [-0.1, -0.05) is 0 Å². The fraction of sp³-hybridized carbons (Fsp3) is 0.357. The van der Waals surface area contributed by atoms with E-state index < -0.39 is 0 Å². The van der Waals surface area contributed by atoms with Crippen molar-refractivity contribution < 1.29 is 9.21 Å². The molecular weight excluding hydrogens is 429 g/mol. The Kier molecular flexibility index (Phi) is 8.62. The largest absolute Gasteiger partial charge is 0.467 e. The van der Waals surface area contributed by atoms with E-state index in [1.54, 1.807) is 30.7 Å². The maximum Gasteiger partial charge on any atom is 0.239 e. The predicted molar refractivity (Wildman–Crippen MR) is 101 cm³/mol. The SMILES string of the molecule is CN=C(NCC(=O)NCc1ccco1)NCc1ncc(C)s1.I. The lowest BCUT2D eigenvalue weighted by molar-refractivity contribution is -0.120. The molecule has 0 fully saturated rings. The Hall–Kier alpha value is -1.62. The van der Waals surface area contributed by atoms with Gasteiger partial charge in [0.25, 0.3) is 0 Å². The van der Waals surface area contributed by atoms with Crippen molar-refractivity contribution >= 4 is 47.2 Å². The Morgan fingerprint density at radius 1 is 1.35 bits per heavy atom. The lowest BCUT2D eigenvalue weighted by Gasteiger charge is -2.10. The van der Waals surface area contributed by atoms with Crippen molar-refractivity contribution in [1.82, 2.24) is 20.9 Å². The van der Waals surface area contributed by atoms with E-state index in [-0.39, 0.29) is 36.4 Å². The van der Waals surface area contributed by atoms with Crippen LogP contribution < -0.4 is 16.0 Å². The zero-order valence-corrected chi connectivity index (χ0v) is 16.1. The molecule has 1 amide bonds. The molecule has 0 saturated heterocycles. The molecule has 0 atom stereocenters. The molecule has 9 heteroatoms. The molecule has 3 N–H and O–H groups in total. The number of furan rings is 1. The number of thiazole rings is 1. The molecule has 2 aromatic heterocycles. The van der Waals surface area contributed by atoms with Gasteiger partial charge in [0.2, 0.25) is 5.91 Å². The van der Waals surface area contributed by atoms with Crippen LogP contribution in [-0.4, -0.2) is 30.4 Å². The molecule has 23 heavy (non-hydrogen) atoms. The van der Waals surface area contributed by atoms with Crippen molar-refractivity contribution in [3.05, 3.63) is 40.2 Å². The Balaban J connectivity index is 0.00000264. The first kappa shape index (κ1) is 19.4. The highest BCUT2D eigenvalue weighted by Gasteiger charge is 2.05. The Bertz CT molecular complexity index is 627. The second-order valence-corrected chi connectivity index (χ2v) is 5.82. The number of carbonyl (C=O) groups excluding carboxylic acids is 1. The number of hydrogen-bond acceptors (Lipinski definition) is 5. The van der Waals surface area contributed by atoms with Crippen molar-refractivity contribution in [1.29, 1.82) is 0 Å². The summed E-state index contributed by atoms with van der Waals surface area (Å²) in [6.45, 7) is 3.10. The molecular formula is C14H20IN5O2S. The van der Waals surface area contributed by atoms with Gasteiger partial charge < -0.3 is 20.4 Å². The molecule has 0 unspecified atom stereocenters. The maximum atomic E-state index is 11.7. The van der Waals surface area contributed by atoms with Gasteiger partial charge in [-0.05, 0) is 19.1 Å². The van der Waals surface area contributed by atoms with Gasteiger partial charge in [-0.25, -0.2) is 4.98 Å². The first-order chi connectivity index (χ1) is 10.7. The minimum atomic E-state index is -0.135. The van der Waals surface area contributed by atoms with Crippen LogP contribution in [0.2, 0.25) is 0 Å². The second kappa shape index (κ2) is 10.2. The zero-order valence-electron chi connectivity index (χ0n) is 13.0. The third-order valence-electron chi connectivity index (χ3n) is 2.76. The zero-order chi connectivity index (χ0) is 15.8. The lowest BCUT2D eigenvalue weighted by atomic mass is 10.4. The number of amides is 1. The number of nitrogens with zero attached hydrogens (tertiary/aromatic N) is 2. The fourth-order valence-electron chi connectivity index (χ4n) is 1.69. The van der Waals surface area contributed by atoms with E-state index in [0.29, 0.717) is 19.0 Å². The quantitative estimate of drug-likeness (QED) is 0.355. The van der Waals surface area contributed by atoms with Crippen molar-refractivity contribution in [2.75, 3.05) is 13.6 Å². The number of rotatable bonds is 6. The van der Waals surface area contributed by atoms with Crippen LogP contribution in [0.25, 0.3) is 0 Å². The topological polar surface area (TPSA) is 91.5 Å². The number of hydrogen-bond donors (Lipinski definition) is 3. The van der Waals surface area contributed by atoms with Crippen LogP contribution in [0.1, 0.15) is 15.6 Å². The summed E-state index contributed by atoms with van der Waals surface area (Å²) in [4.78, 5) is 21.2. The van der Waals surface area contributed by atoms with Gasteiger partial charge >= 0.3 is 0 Å². The van der Waals surface area contributed by atoms with Crippen molar-refractivity contribution in [2.45, 2.75) is 20.0 Å². The third-order valence-corrected chi connectivity index (χ3v) is 3.67. The minimum absolute atomic E-state index is 0. The number of halogens is 1. The normalized spacial score (nSPS) is 10.8. The number of aryl methyl sites for hydroxylation is 1. The van der Waals surface area contributed by atoms with Crippen molar-refractivity contribution in [2.24, 2.45) is 4.99 Å². The number of guanidine groups is 1. The van der Waals surface area contributed by atoms with Crippen LogP contribution in [0.4, 0.5) is 0 Å². The number of aliphatic imine (C=N–C) groups is 1. The summed E-state index contributed by atoms with van der Waals surface area (Å²) in [5.41, 5.74) is 0. The van der Waals surface area contributed by atoms with Crippen molar-refractivity contribution in [3.8, 4) is 0 Å². The van der Waals surface area contributed by atoms with E-state index in [0.717, 1.165) is 15.6 Å². The average molecular weight is 449 g/mol. The molecule has 0 saturated carbocycles. The van der Waals surface area contributed by atoms with Crippen LogP contribution >= 0.6 is 35.3 Å².